The third-order valence-corrected chi connectivity index (χ3v) is 3.63. The van der Waals surface area contributed by atoms with Crippen LogP contribution >= 0.6 is 11.8 Å². The Morgan fingerprint density at radius 1 is 1.69 bits per heavy atom. The number of aromatic nitrogens is 2. The van der Waals surface area contributed by atoms with Gasteiger partial charge in [-0.1, -0.05) is 11.8 Å². The van der Waals surface area contributed by atoms with E-state index in [0.717, 1.165) is 12.8 Å². The Bertz CT molecular complexity index is 442. The van der Waals surface area contributed by atoms with Crippen LogP contribution < -0.4 is 5.56 Å². The molecule has 0 aliphatic heterocycles. The summed E-state index contributed by atoms with van der Waals surface area (Å²) in [6.45, 7) is 0. The van der Waals surface area contributed by atoms with Crippen LogP contribution in [-0.4, -0.2) is 28.3 Å². The van der Waals surface area contributed by atoms with Gasteiger partial charge in [0, 0.05) is 12.3 Å². The summed E-state index contributed by atoms with van der Waals surface area (Å²) in [6.07, 6.45) is 3.50. The number of esters is 1. The summed E-state index contributed by atoms with van der Waals surface area (Å²) >= 11 is 1.26. The maximum Gasteiger partial charge on any atom is 0.319 e. The van der Waals surface area contributed by atoms with Gasteiger partial charge in [-0.05, 0) is 18.8 Å². The lowest BCUT2D eigenvalue weighted by Gasteiger charge is -2.11. The normalized spacial score (nSPS) is 16.8. The summed E-state index contributed by atoms with van der Waals surface area (Å²) in [4.78, 5) is 29.2. The Morgan fingerprint density at radius 2 is 2.44 bits per heavy atom. The number of carbonyl (C=O) groups excluding carboxylic acids is 1. The van der Waals surface area contributed by atoms with Gasteiger partial charge < -0.3 is 9.72 Å². The number of hydrogen-bond donors (Lipinski definition) is 1. The molecule has 1 aromatic heterocycles. The molecule has 0 amide bonds. The number of rotatable bonds is 4. The Balaban J connectivity index is 2.11. The van der Waals surface area contributed by atoms with Gasteiger partial charge in [-0.15, -0.1) is 0 Å². The second-order valence-electron chi connectivity index (χ2n) is 3.64. The molecule has 0 saturated heterocycles. The summed E-state index contributed by atoms with van der Waals surface area (Å²) < 4.78 is 4.74. The van der Waals surface area contributed by atoms with Crippen molar-refractivity contribution in [3.05, 3.63) is 22.6 Å². The Labute approximate surface area is 96.6 Å². The first-order valence-electron chi connectivity index (χ1n) is 5.00. The minimum absolute atomic E-state index is 0.211. The fraction of sp³-hybridized carbons (Fsp3) is 0.500. The molecule has 1 saturated carbocycles. The van der Waals surface area contributed by atoms with Gasteiger partial charge in [0.15, 0.2) is 5.16 Å². The van der Waals surface area contributed by atoms with E-state index in [2.05, 4.69) is 9.97 Å². The summed E-state index contributed by atoms with van der Waals surface area (Å²) in [5, 5.41) is 0.213. The molecule has 6 heteroatoms. The van der Waals surface area contributed by atoms with Crippen molar-refractivity contribution in [3.8, 4) is 0 Å². The van der Waals surface area contributed by atoms with Gasteiger partial charge in [0.05, 0.1) is 7.11 Å². The van der Waals surface area contributed by atoms with Crippen LogP contribution in [0.1, 0.15) is 12.8 Å². The first-order chi connectivity index (χ1) is 7.70. The van der Waals surface area contributed by atoms with E-state index in [4.69, 9.17) is 4.74 Å². The van der Waals surface area contributed by atoms with E-state index in [1.165, 1.54) is 31.1 Å². The molecule has 0 bridgehead atoms. The van der Waals surface area contributed by atoms with Crippen LogP contribution in [0.25, 0.3) is 0 Å². The molecule has 0 aromatic carbocycles. The molecule has 1 aliphatic carbocycles. The first-order valence-corrected chi connectivity index (χ1v) is 5.88. The van der Waals surface area contributed by atoms with Crippen molar-refractivity contribution in [2.75, 3.05) is 7.11 Å². The average Bonchev–Trinajstić information content (AvgIpc) is 3.09. The number of nitrogens with zero attached hydrogens (tertiary/aromatic N) is 1. The molecule has 86 valence electrons. The number of thioether (sulfide) groups is 1. The topological polar surface area (TPSA) is 72.0 Å². The van der Waals surface area contributed by atoms with E-state index in [1.807, 2.05) is 0 Å². The van der Waals surface area contributed by atoms with Gasteiger partial charge in [0.25, 0.3) is 5.56 Å². The zero-order chi connectivity index (χ0) is 11.5. The molecule has 2 rings (SSSR count). The van der Waals surface area contributed by atoms with Crippen molar-refractivity contribution in [3.63, 3.8) is 0 Å². The van der Waals surface area contributed by atoms with E-state index in [9.17, 15) is 9.59 Å². The van der Waals surface area contributed by atoms with Gasteiger partial charge in [-0.3, -0.25) is 9.59 Å². The molecule has 0 radical (unpaired) electrons. The minimum atomic E-state index is -0.254. The monoisotopic (exact) mass is 240 g/mol. The van der Waals surface area contributed by atoms with Crippen LogP contribution in [0.15, 0.2) is 22.2 Å². The Hall–Kier alpha value is -1.30. The quantitative estimate of drug-likeness (QED) is 0.479. The predicted octanol–water partition coefficient (Wildman–Crippen LogP) is 0.814. The zero-order valence-electron chi connectivity index (χ0n) is 8.80. The summed E-state index contributed by atoms with van der Waals surface area (Å²) in [5.74, 6) is 0.0990. The highest BCUT2D eigenvalue weighted by Gasteiger charge is 2.38. The van der Waals surface area contributed by atoms with Crippen LogP contribution in [0.5, 0.6) is 0 Å². The van der Waals surface area contributed by atoms with Crippen LogP contribution in [0.4, 0.5) is 0 Å². The second kappa shape index (κ2) is 4.69. The Kier molecular flexibility index (Phi) is 3.28. The average molecular weight is 240 g/mol. The molecule has 1 atom stereocenters. The Morgan fingerprint density at radius 3 is 3.00 bits per heavy atom. The van der Waals surface area contributed by atoms with Crippen molar-refractivity contribution in [2.45, 2.75) is 23.2 Å². The van der Waals surface area contributed by atoms with E-state index in [-0.39, 0.29) is 16.8 Å². The first kappa shape index (κ1) is 11.2. The van der Waals surface area contributed by atoms with Crippen molar-refractivity contribution in [1.29, 1.82) is 0 Å². The fourth-order valence-electron chi connectivity index (χ4n) is 1.38. The minimum Gasteiger partial charge on any atom is -0.468 e. The highest BCUT2D eigenvalue weighted by Crippen LogP contribution is 2.41. The molecule has 16 heavy (non-hydrogen) atoms. The molecule has 1 unspecified atom stereocenters. The molecule has 1 aromatic rings. The van der Waals surface area contributed by atoms with Gasteiger partial charge in [-0.2, -0.15) is 0 Å². The van der Waals surface area contributed by atoms with Crippen molar-refractivity contribution < 1.29 is 9.53 Å². The third kappa shape index (κ3) is 2.63. The van der Waals surface area contributed by atoms with Crippen molar-refractivity contribution in [1.82, 2.24) is 9.97 Å². The lowest BCUT2D eigenvalue weighted by molar-refractivity contribution is -0.140. The number of methoxy groups -OCH3 is 1. The highest BCUT2D eigenvalue weighted by atomic mass is 32.2. The number of H-pyrrole nitrogens is 1. The van der Waals surface area contributed by atoms with E-state index < -0.39 is 0 Å². The second-order valence-corrected chi connectivity index (χ2v) is 4.77. The van der Waals surface area contributed by atoms with Crippen LogP contribution in [0.3, 0.4) is 0 Å². The molecule has 5 nitrogen and oxygen atoms in total. The highest BCUT2D eigenvalue weighted by molar-refractivity contribution is 8.00. The summed E-state index contributed by atoms with van der Waals surface area (Å²) in [6, 6.07) is 1.34. The van der Waals surface area contributed by atoms with Crippen LogP contribution in [0, 0.1) is 5.92 Å². The number of hydrogen-bond acceptors (Lipinski definition) is 5. The summed E-state index contributed by atoms with van der Waals surface area (Å²) in [5.41, 5.74) is -0.211. The standard InChI is InChI=1S/C10H12N2O3S/c1-15-9(14)8(6-2-3-6)16-10-11-5-4-7(13)12-10/h4-6,8H,2-3H2,1H3,(H,11,12,13). The molecule has 1 heterocycles. The number of ether oxygens (including phenoxy) is 1. The van der Waals surface area contributed by atoms with Gasteiger partial charge in [-0.25, -0.2) is 4.98 Å². The fourth-order valence-corrected chi connectivity index (χ4v) is 2.56. The van der Waals surface area contributed by atoms with Crippen LogP contribution in [0.2, 0.25) is 0 Å². The van der Waals surface area contributed by atoms with E-state index >= 15 is 0 Å². The third-order valence-electron chi connectivity index (χ3n) is 2.37. The number of carbonyl (C=O) groups is 1. The van der Waals surface area contributed by atoms with E-state index in [1.54, 1.807) is 0 Å². The maximum absolute atomic E-state index is 11.5. The number of aromatic amines is 1. The summed E-state index contributed by atoms with van der Waals surface area (Å²) in [7, 11) is 1.37. The van der Waals surface area contributed by atoms with Gasteiger partial charge in [0.2, 0.25) is 0 Å². The lowest BCUT2D eigenvalue weighted by atomic mass is 10.3. The molecular weight excluding hydrogens is 228 g/mol. The zero-order valence-corrected chi connectivity index (χ0v) is 9.62. The largest absolute Gasteiger partial charge is 0.468 e. The molecule has 1 fully saturated rings. The molecule has 0 spiro atoms. The molecule has 1 aliphatic rings. The van der Waals surface area contributed by atoms with Gasteiger partial charge >= 0.3 is 5.97 Å². The number of nitrogens with one attached hydrogen (secondary N) is 1. The van der Waals surface area contributed by atoms with E-state index in [0.29, 0.717) is 11.1 Å². The molecule has 1 N–H and O–H groups in total. The molecular formula is C10H12N2O3S. The lowest BCUT2D eigenvalue weighted by Crippen LogP contribution is -2.22. The van der Waals surface area contributed by atoms with Gasteiger partial charge in [0.1, 0.15) is 5.25 Å². The SMILES string of the molecule is COC(=O)C(Sc1nccc(=O)[nH]1)C1CC1. The van der Waals surface area contributed by atoms with Crippen molar-refractivity contribution in [2.24, 2.45) is 5.92 Å². The van der Waals surface area contributed by atoms with Crippen LogP contribution in [-0.2, 0) is 9.53 Å². The smallest absolute Gasteiger partial charge is 0.319 e. The maximum atomic E-state index is 11.5. The predicted molar refractivity (Wildman–Crippen MR) is 59.2 cm³/mol. The van der Waals surface area contributed by atoms with Crippen molar-refractivity contribution >= 4 is 17.7 Å².